The van der Waals surface area contributed by atoms with Crippen LogP contribution in [0.5, 0.6) is 0 Å². The average molecular weight is 328 g/mol. The summed E-state index contributed by atoms with van der Waals surface area (Å²) in [7, 11) is 0. The van der Waals surface area contributed by atoms with Crippen LogP contribution in [0.1, 0.15) is 18.7 Å². The van der Waals surface area contributed by atoms with Gasteiger partial charge in [-0.05, 0) is 31.2 Å². The largest absolute Gasteiger partial charge is 0.467 e. The monoisotopic (exact) mass is 328 g/mol. The smallest absolute Gasteiger partial charge is 0.240 e. The van der Waals surface area contributed by atoms with Crippen molar-refractivity contribution in [2.75, 3.05) is 18.5 Å². The highest BCUT2D eigenvalue weighted by Crippen LogP contribution is 2.19. The summed E-state index contributed by atoms with van der Waals surface area (Å²) < 4.78 is 7.11. The number of anilines is 1. The predicted molar refractivity (Wildman–Crippen MR) is 90.6 cm³/mol. The van der Waals surface area contributed by atoms with Crippen LogP contribution >= 0.6 is 0 Å². The predicted octanol–water partition coefficient (Wildman–Crippen LogP) is 1.91. The number of aliphatic hydroxyl groups is 1. The molecule has 1 unspecified atom stereocenters. The van der Waals surface area contributed by atoms with Crippen LogP contribution in [0.25, 0.3) is 11.0 Å². The van der Waals surface area contributed by atoms with Gasteiger partial charge in [0.1, 0.15) is 12.3 Å². The summed E-state index contributed by atoms with van der Waals surface area (Å²) in [6.07, 6.45) is 1.58. The number of carbonyl (C=O) groups is 1. The number of aromatic nitrogens is 2. The van der Waals surface area contributed by atoms with E-state index >= 15 is 0 Å². The lowest BCUT2D eigenvalue weighted by Crippen LogP contribution is -2.30. The maximum absolute atomic E-state index is 12.4. The molecule has 7 heteroatoms. The Morgan fingerprint density at radius 3 is 2.92 bits per heavy atom. The van der Waals surface area contributed by atoms with Crippen LogP contribution in [0.4, 0.5) is 5.95 Å². The first-order chi connectivity index (χ1) is 11.7. The first-order valence-electron chi connectivity index (χ1n) is 7.82. The molecule has 1 atom stereocenters. The molecule has 7 nitrogen and oxygen atoms in total. The molecule has 1 aromatic carbocycles. The van der Waals surface area contributed by atoms with Crippen molar-refractivity contribution in [2.45, 2.75) is 19.5 Å². The first-order valence-corrected chi connectivity index (χ1v) is 7.82. The summed E-state index contributed by atoms with van der Waals surface area (Å²) in [6, 6.07) is 11.0. The standard InChI is InChI=1S/C17H20N4O3/c1-12(15-7-4-10-24-15)19-16(23)11-21-14-6-3-2-5-13(14)20-17(21)18-8-9-22/h2-7,10,12,22H,8-9,11H2,1H3,(H,18,20)(H,19,23). The van der Waals surface area contributed by atoms with Gasteiger partial charge in [0.05, 0.1) is 29.9 Å². The SMILES string of the molecule is CC(NC(=O)Cn1c(NCCO)nc2ccccc21)c1ccco1. The maximum Gasteiger partial charge on any atom is 0.240 e. The Kier molecular flexibility index (Phi) is 4.81. The summed E-state index contributed by atoms with van der Waals surface area (Å²) in [6.45, 7) is 2.35. The lowest BCUT2D eigenvalue weighted by molar-refractivity contribution is -0.122. The third-order valence-electron chi connectivity index (χ3n) is 3.70. The zero-order valence-electron chi connectivity index (χ0n) is 13.4. The van der Waals surface area contributed by atoms with Gasteiger partial charge in [-0.15, -0.1) is 0 Å². The molecule has 3 rings (SSSR count). The van der Waals surface area contributed by atoms with Crippen LogP contribution in [-0.2, 0) is 11.3 Å². The van der Waals surface area contributed by atoms with E-state index in [1.807, 2.05) is 37.3 Å². The van der Waals surface area contributed by atoms with Crippen LogP contribution in [0.2, 0.25) is 0 Å². The summed E-state index contributed by atoms with van der Waals surface area (Å²) in [4.78, 5) is 16.9. The van der Waals surface area contributed by atoms with E-state index in [4.69, 9.17) is 9.52 Å². The van der Waals surface area contributed by atoms with Crippen LogP contribution in [0, 0.1) is 0 Å². The molecule has 0 fully saturated rings. The minimum absolute atomic E-state index is 0.00900. The quantitative estimate of drug-likeness (QED) is 0.616. The molecule has 0 bridgehead atoms. The fraction of sp³-hybridized carbons (Fsp3) is 0.294. The van der Waals surface area contributed by atoms with E-state index in [1.165, 1.54) is 0 Å². The lowest BCUT2D eigenvalue weighted by Gasteiger charge is -2.14. The number of amides is 1. The number of para-hydroxylation sites is 2. The van der Waals surface area contributed by atoms with Gasteiger partial charge >= 0.3 is 0 Å². The number of rotatable bonds is 7. The van der Waals surface area contributed by atoms with Crippen molar-refractivity contribution < 1.29 is 14.3 Å². The molecule has 0 saturated heterocycles. The van der Waals surface area contributed by atoms with Crippen LogP contribution in [0.15, 0.2) is 47.1 Å². The number of fused-ring (bicyclic) bond motifs is 1. The number of hydrogen-bond acceptors (Lipinski definition) is 5. The fourth-order valence-corrected chi connectivity index (χ4v) is 2.58. The number of aliphatic hydroxyl groups excluding tert-OH is 1. The van der Waals surface area contributed by atoms with Crippen LogP contribution < -0.4 is 10.6 Å². The molecule has 0 aliphatic carbocycles. The minimum Gasteiger partial charge on any atom is -0.467 e. The van der Waals surface area contributed by atoms with Crippen molar-refractivity contribution in [1.82, 2.24) is 14.9 Å². The van der Waals surface area contributed by atoms with E-state index in [0.717, 1.165) is 11.0 Å². The number of furan rings is 1. The molecule has 126 valence electrons. The number of hydrogen-bond donors (Lipinski definition) is 3. The summed E-state index contributed by atoms with van der Waals surface area (Å²) in [5, 5.41) is 15.0. The Hall–Kier alpha value is -2.80. The highest BCUT2D eigenvalue weighted by atomic mass is 16.3. The lowest BCUT2D eigenvalue weighted by atomic mass is 10.2. The Bertz CT molecular complexity index is 810. The molecular weight excluding hydrogens is 308 g/mol. The number of imidazole rings is 1. The Morgan fingerprint density at radius 2 is 2.17 bits per heavy atom. The van der Waals surface area contributed by atoms with Gasteiger partial charge in [-0.3, -0.25) is 4.79 Å². The molecule has 0 radical (unpaired) electrons. The van der Waals surface area contributed by atoms with E-state index in [0.29, 0.717) is 18.3 Å². The molecule has 2 aromatic heterocycles. The van der Waals surface area contributed by atoms with Crippen molar-refractivity contribution in [3.63, 3.8) is 0 Å². The zero-order valence-corrected chi connectivity index (χ0v) is 13.4. The Balaban J connectivity index is 1.78. The van der Waals surface area contributed by atoms with Gasteiger partial charge in [0, 0.05) is 6.54 Å². The van der Waals surface area contributed by atoms with Crippen molar-refractivity contribution >= 4 is 22.9 Å². The zero-order chi connectivity index (χ0) is 16.9. The summed E-state index contributed by atoms with van der Waals surface area (Å²) >= 11 is 0. The normalized spacial score (nSPS) is 12.2. The topological polar surface area (TPSA) is 92.3 Å². The van der Waals surface area contributed by atoms with E-state index < -0.39 is 0 Å². The molecule has 1 amide bonds. The van der Waals surface area contributed by atoms with Gasteiger partial charge in [-0.25, -0.2) is 4.98 Å². The summed E-state index contributed by atoms with van der Waals surface area (Å²) in [5.74, 6) is 1.12. The average Bonchev–Trinajstić information content (AvgIpc) is 3.21. The van der Waals surface area contributed by atoms with Gasteiger partial charge in [-0.1, -0.05) is 12.1 Å². The molecular formula is C17H20N4O3. The first kappa shape index (κ1) is 16.1. The van der Waals surface area contributed by atoms with Gasteiger partial charge < -0.3 is 24.7 Å². The minimum atomic E-state index is -0.212. The molecule has 2 heterocycles. The van der Waals surface area contributed by atoms with Crippen molar-refractivity contribution in [3.05, 3.63) is 48.4 Å². The van der Waals surface area contributed by atoms with Crippen molar-refractivity contribution in [2.24, 2.45) is 0 Å². The summed E-state index contributed by atoms with van der Waals surface area (Å²) in [5.41, 5.74) is 1.66. The molecule has 3 aromatic rings. The van der Waals surface area contributed by atoms with Gasteiger partial charge in [0.25, 0.3) is 0 Å². The second-order valence-corrected chi connectivity index (χ2v) is 5.47. The van der Waals surface area contributed by atoms with Gasteiger partial charge in [0.2, 0.25) is 11.9 Å². The molecule has 3 N–H and O–H groups in total. The van der Waals surface area contributed by atoms with Crippen molar-refractivity contribution in [1.29, 1.82) is 0 Å². The Labute approximate surface area is 139 Å². The Morgan fingerprint density at radius 1 is 1.33 bits per heavy atom. The second-order valence-electron chi connectivity index (χ2n) is 5.47. The molecule has 24 heavy (non-hydrogen) atoms. The molecule has 0 spiro atoms. The van der Waals surface area contributed by atoms with E-state index in [1.54, 1.807) is 16.9 Å². The van der Waals surface area contributed by atoms with Crippen LogP contribution in [0.3, 0.4) is 0 Å². The number of carbonyl (C=O) groups excluding carboxylic acids is 1. The third-order valence-corrected chi connectivity index (χ3v) is 3.70. The fourth-order valence-electron chi connectivity index (χ4n) is 2.58. The number of nitrogens with zero attached hydrogens (tertiary/aromatic N) is 2. The second kappa shape index (κ2) is 7.18. The van der Waals surface area contributed by atoms with E-state index in [9.17, 15) is 4.79 Å². The third kappa shape index (κ3) is 3.41. The number of benzene rings is 1. The highest BCUT2D eigenvalue weighted by Gasteiger charge is 2.16. The molecule has 0 aliphatic rings. The molecule has 0 aliphatic heterocycles. The van der Waals surface area contributed by atoms with Gasteiger partial charge in [0.15, 0.2) is 0 Å². The number of nitrogens with one attached hydrogen (secondary N) is 2. The van der Waals surface area contributed by atoms with Crippen molar-refractivity contribution in [3.8, 4) is 0 Å². The van der Waals surface area contributed by atoms with Crippen LogP contribution in [-0.4, -0.2) is 33.7 Å². The van der Waals surface area contributed by atoms with E-state index in [2.05, 4.69) is 15.6 Å². The molecule has 0 saturated carbocycles. The maximum atomic E-state index is 12.4. The highest BCUT2D eigenvalue weighted by molar-refractivity contribution is 5.83. The van der Waals surface area contributed by atoms with E-state index in [-0.39, 0.29) is 25.1 Å². The van der Waals surface area contributed by atoms with Gasteiger partial charge in [-0.2, -0.15) is 0 Å².